The zero-order chi connectivity index (χ0) is 28.0. The topological polar surface area (TPSA) is 111 Å². The van der Waals surface area contributed by atoms with E-state index in [1.165, 1.54) is 12.1 Å². The lowest BCUT2D eigenvalue weighted by Gasteiger charge is -2.25. The van der Waals surface area contributed by atoms with Gasteiger partial charge in [0.2, 0.25) is 0 Å². The van der Waals surface area contributed by atoms with Crippen LogP contribution in [0.2, 0.25) is 0 Å². The van der Waals surface area contributed by atoms with Crippen molar-refractivity contribution >= 4 is 23.9 Å². The molecular weight excluding hydrogens is 500 g/mol. The third kappa shape index (κ3) is 6.88. The minimum Gasteiger partial charge on any atom is -0.451 e. The first-order valence-corrected chi connectivity index (χ1v) is 12.5. The molecule has 1 heterocycles. The fraction of sp³-hybridized carbons (Fsp3) is 0.267. The van der Waals surface area contributed by atoms with Gasteiger partial charge in [0.05, 0.1) is 17.7 Å². The van der Waals surface area contributed by atoms with Crippen molar-refractivity contribution in [2.45, 2.75) is 44.9 Å². The summed E-state index contributed by atoms with van der Waals surface area (Å²) in [7, 11) is 0. The van der Waals surface area contributed by atoms with Gasteiger partial charge in [-0.15, -0.1) is 5.06 Å². The first kappa shape index (κ1) is 27.5. The van der Waals surface area contributed by atoms with Gasteiger partial charge in [-0.05, 0) is 44.0 Å². The summed E-state index contributed by atoms with van der Waals surface area (Å²) in [5.41, 5.74) is 1.16. The number of imide groups is 1. The Labute approximate surface area is 226 Å². The van der Waals surface area contributed by atoms with Crippen molar-refractivity contribution < 1.29 is 33.5 Å². The number of nitrogens with one attached hydrogen (secondary N) is 1. The van der Waals surface area contributed by atoms with Gasteiger partial charge >= 0.3 is 12.1 Å². The lowest BCUT2D eigenvalue weighted by molar-refractivity contribution is -0.151. The SMILES string of the molecule is CC(C)(C)OC(=O)NC(CCON1C(=O)c2ccccc2C1=O)C(=O)OC(c1ccccc1)c1ccccc1. The summed E-state index contributed by atoms with van der Waals surface area (Å²) in [6.45, 7) is 4.87. The molecule has 0 spiro atoms. The van der Waals surface area contributed by atoms with Gasteiger partial charge in [-0.2, -0.15) is 0 Å². The number of benzene rings is 3. The lowest BCUT2D eigenvalue weighted by Crippen LogP contribution is -2.45. The van der Waals surface area contributed by atoms with Crippen LogP contribution in [-0.4, -0.2) is 47.2 Å². The van der Waals surface area contributed by atoms with Gasteiger partial charge < -0.3 is 14.8 Å². The number of rotatable bonds is 9. The largest absolute Gasteiger partial charge is 0.451 e. The lowest BCUT2D eigenvalue weighted by atomic mass is 10.0. The Hall–Kier alpha value is -4.50. The molecule has 0 fully saturated rings. The maximum atomic E-state index is 13.4. The van der Waals surface area contributed by atoms with E-state index >= 15 is 0 Å². The quantitative estimate of drug-likeness (QED) is 0.312. The van der Waals surface area contributed by atoms with Crippen molar-refractivity contribution in [1.82, 2.24) is 10.4 Å². The molecule has 0 aromatic heterocycles. The van der Waals surface area contributed by atoms with Crippen LogP contribution in [0.3, 0.4) is 0 Å². The summed E-state index contributed by atoms with van der Waals surface area (Å²) in [6.07, 6.45) is -1.65. The minimum atomic E-state index is -1.19. The Morgan fingerprint density at radius 2 is 1.28 bits per heavy atom. The highest BCUT2D eigenvalue weighted by atomic mass is 16.7. The van der Waals surface area contributed by atoms with Crippen LogP contribution in [0.5, 0.6) is 0 Å². The van der Waals surface area contributed by atoms with Gasteiger partial charge in [0.25, 0.3) is 11.8 Å². The van der Waals surface area contributed by atoms with E-state index in [1.807, 2.05) is 60.7 Å². The second-order valence-electron chi connectivity index (χ2n) is 9.91. The fourth-order valence-electron chi connectivity index (χ4n) is 4.03. The van der Waals surface area contributed by atoms with Crippen LogP contribution in [-0.2, 0) is 19.1 Å². The standard InChI is InChI=1S/C30H30N2O7/c1-30(2,3)39-29(36)31-24(18-19-37-32-26(33)22-16-10-11-17-23(22)27(32)34)28(35)38-25(20-12-6-4-7-13-20)21-14-8-5-9-15-21/h4-17,24-25H,18-19H2,1-3H3,(H,31,36). The van der Waals surface area contributed by atoms with Crippen LogP contribution >= 0.6 is 0 Å². The van der Waals surface area contributed by atoms with Gasteiger partial charge in [0, 0.05) is 6.42 Å². The number of nitrogens with zero attached hydrogens (tertiary/aromatic N) is 1. The molecule has 0 saturated heterocycles. The second kappa shape index (κ2) is 11.9. The Balaban J connectivity index is 1.50. The smallest absolute Gasteiger partial charge is 0.408 e. The molecule has 0 radical (unpaired) electrons. The van der Waals surface area contributed by atoms with E-state index < -0.39 is 41.6 Å². The fourth-order valence-corrected chi connectivity index (χ4v) is 4.03. The van der Waals surface area contributed by atoms with Gasteiger partial charge in [-0.1, -0.05) is 72.8 Å². The monoisotopic (exact) mass is 530 g/mol. The summed E-state index contributed by atoms with van der Waals surface area (Å²) in [5, 5.41) is 3.21. The molecule has 9 nitrogen and oxygen atoms in total. The Morgan fingerprint density at radius 1 is 0.795 bits per heavy atom. The second-order valence-corrected chi connectivity index (χ2v) is 9.91. The number of esters is 1. The van der Waals surface area contributed by atoms with Gasteiger partial charge in [0.15, 0.2) is 6.10 Å². The zero-order valence-electron chi connectivity index (χ0n) is 22.0. The first-order chi connectivity index (χ1) is 18.6. The summed E-state index contributed by atoms with van der Waals surface area (Å²) in [4.78, 5) is 56.7. The molecule has 1 N–H and O–H groups in total. The van der Waals surface area contributed by atoms with Crippen LogP contribution in [0.4, 0.5) is 4.79 Å². The molecule has 0 aliphatic carbocycles. The molecule has 202 valence electrons. The van der Waals surface area contributed by atoms with E-state index in [0.29, 0.717) is 5.06 Å². The summed E-state index contributed by atoms with van der Waals surface area (Å²) >= 11 is 0. The van der Waals surface area contributed by atoms with E-state index in [-0.39, 0.29) is 24.2 Å². The molecule has 3 aromatic carbocycles. The molecule has 0 saturated carbocycles. The molecule has 1 atom stereocenters. The maximum absolute atomic E-state index is 13.4. The number of fused-ring (bicyclic) bond motifs is 1. The molecule has 1 aliphatic heterocycles. The Kier molecular flexibility index (Phi) is 8.41. The average molecular weight is 531 g/mol. The normalized spacial score (nSPS) is 13.7. The predicted molar refractivity (Wildman–Crippen MR) is 141 cm³/mol. The molecular formula is C30H30N2O7. The van der Waals surface area contributed by atoms with Crippen molar-refractivity contribution in [1.29, 1.82) is 0 Å². The first-order valence-electron chi connectivity index (χ1n) is 12.5. The van der Waals surface area contributed by atoms with Crippen molar-refractivity contribution in [2.75, 3.05) is 6.61 Å². The third-order valence-electron chi connectivity index (χ3n) is 5.80. The Bertz CT molecular complexity index is 1260. The molecule has 1 unspecified atom stereocenters. The molecule has 3 aromatic rings. The summed E-state index contributed by atoms with van der Waals surface area (Å²) in [6, 6.07) is 23.6. The number of ether oxygens (including phenoxy) is 2. The molecule has 9 heteroatoms. The average Bonchev–Trinajstić information content (AvgIpc) is 3.16. The van der Waals surface area contributed by atoms with Crippen molar-refractivity contribution in [3.63, 3.8) is 0 Å². The maximum Gasteiger partial charge on any atom is 0.408 e. The van der Waals surface area contributed by atoms with Gasteiger partial charge in [-0.25, -0.2) is 9.59 Å². The van der Waals surface area contributed by atoms with Crippen molar-refractivity contribution in [3.8, 4) is 0 Å². The van der Waals surface area contributed by atoms with E-state index in [0.717, 1.165) is 11.1 Å². The number of hydroxylamine groups is 2. The highest BCUT2D eigenvalue weighted by molar-refractivity contribution is 6.20. The Morgan fingerprint density at radius 3 is 1.77 bits per heavy atom. The molecule has 4 rings (SSSR count). The number of carbonyl (C=O) groups excluding carboxylic acids is 4. The highest BCUT2D eigenvalue weighted by Gasteiger charge is 2.37. The van der Waals surface area contributed by atoms with Crippen LogP contribution < -0.4 is 5.32 Å². The van der Waals surface area contributed by atoms with Gasteiger partial charge in [-0.3, -0.25) is 14.4 Å². The predicted octanol–water partition coefficient (Wildman–Crippen LogP) is 4.83. The molecule has 3 amide bonds. The van der Waals surface area contributed by atoms with Crippen LogP contribution in [0.15, 0.2) is 84.9 Å². The van der Waals surface area contributed by atoms with Gasteiger partial charge in [0.1, 0.15) is 11.6 Å². The van der Waals surface area contributed by atoms with Crippen LogP contribution in [0, 0.1) is 0 Å². The number of hydrogen-bond acceptors (Lipinski definition) is 7. The van der Waals surface area contributed by atoms with Crippen LogP contribution in [0.25, 0.3) is 0 Å². The zero-order valence-corrected chi connectivity index (χ0v) is 22.0. The van der Waals surface area contributed by atoms with Crippen LogP contribution in [0.1, 0.15) is 65.1 Å². The summed E-state index contributed by atoms with van der Waals surface area (Å²) in [5.74, 6) is -1.92. The van der Waals surface area contributed by atoms with Crippen molar-refractivity contribution in [3.05, 3.63) is 107 Å². The number of hydrogen-bond donors (Lipinski definition) is 1. The highest BCUT2D eigenvalue weighted by Crippen LogP contribution is 2.27. The van der Waals surface area contributed by atoms with E-state index in [4.69, 9.17) is 14.3 Å². The number of alkyl carbamates (subject to hydrolysis) is 1. The minimum absolute atomic E-state index is 0.0955. The van der Waals surface area contributed by atoms with Crippen molar-refractivity contribution in [2.24, 2.45) is 0 Å². The van der Waals surface area contributed by atoms with E-state index in [2.05, 4.69) is 5.32 Å². The number of carbonyl (C=O) groups is 4. The molecule has 1 aliphatic rings. The number of amides is 3. The third-order valence-corrected chi connectivity index (χ3v) is 5.80. The summed E-state index contributed by atoms with van der Waals surface area (Å²) < 4.78 is 11.3. The van der Waals surface area contributed by atoms with E-state index in [1.54, 1.807) is 32.9 Å². The van der Waals surface area contributed by atoms with E-state index in [9.17, 15) is 19.2 Å². The molecule has 39 heavy (non-hydrogen) atoms. The molecule has 0 bridgehead atoms.